The molecule has 0 N–H and O–H groups in total. The first-order chi connectivity index (χ1) is 10.9. The first-order valence-electron chi connectivity index (χ1n) is 8.17. The van der Waals surface area contributed by atoms with E-state index >= 15 is 0 Å². The van der Waals surface area contributed by atoms with Crippen molar-refractivity contribution in [2.24, 2.45) is 0 Å². The maximum Gasteiger partial charge on any atom is 0.0243 e. The SMILES string of the molecule is C#CCC/C=C1/CCCN(Cc2cccc3ccccc23)C1. The van der Waals surface area contributed by atoms with Crippen LogP contribution in [0.15, 0.2) is 54.1 Å². The van der Waals surface area contributed by atoms with E-state index in [4.69, 9.17) is 6.42 Å². The molecule has 2 aromatic carbocycles. The largest absolute Gasteiger partial charge is 0.295 e. The highest BCUT2D eigenvalue weighted by Gasteiger charge is 2.15. The van der Waals surface area contributed by atoms with Gasteiger partial charge in [0.25, 0.3) is 0 Å². The third-order valence-electron chi connectivity index (χ3n) is 4.39. The molecule has 0 radical (unpaired) electrons. The molecule has 0 amide bonds. The first-order valence-corrected chi connectivity index (χ1v) is 8.17. The number of likely N-dealkylation sites (tertiary alicyclic amines) is 1. The Bertz CT molecular complexity index is 700. The Balaban J connectivity index is 1.72. The van der Waals surface area contributed by atoms with Crippen LogP contribution in [0.2, 0.25) is 0 Å². The highest BCUT2D eigenvalue weighted by molar-refractivity contribution is 5.85. The maximum atomic E-state index is 5.34. The van der Waals surface area contributed by atoms with Gasteiger partial charge in [0.2, 0.25) is 0 Å². The topological polar surface area (TPSA) is 3.24 Å². The van der Waals surface area contributed by atoms with E-state index in [-0.39, 0.29) is 0 Å². The number of benzene rings is 2. The molecule has 112 valence electrons. The molecule has 1 heteroatoms. The second-order valence-corrected chi connectivity index (χ2v) is 6.06. The molecule has 1 fully saturated rings. The van der Waals surface area contributed by atoms with Crippen LogP contribution in [0, 0.1) is 12.3 Å². The van der Waals surface area contributed by atoms with Crippen LogP contribution in [0.4, 0.5) is 0 Å². The number of hydrogen-bond acceptors (Lipinski definition) is 1. The van der Waals surface area contributed by atoms with Crippen LogP contribution < -0.4 is 0 Å². The van der Waals surface area contributed by atoms with Crippen LogP contribution >= 0.6 is 0 Å². The molecule has 1 heterocycles. The van der Waals surface area contributed by atoms with Gasteiger partial charge in [-0.25, -0.2) is 0 Å². The second kappa shape index (κ2) is 7.29. The molecule has 3 rings (SSSR count). The monoisotopic (exact) mass is 289 g/mol. The van der Waals surface area contributed by atoms with Crippen LogP contribution in [0.1, 0.15) is 31.2 Å². The molecule has 0 spiro atoms. The fraction of sp³-hybridized carbons (Fsp3) is 0.333. The maximum absolute atomic E-state index is 5.34. The van der Waals surface area contributed by atoms with E-state index in [1.807, 2.05) is 0 Å². The van der Waals surface area contributed by atoms with Crippen LogP contribution in [0.25, 0.3) is 10.8 Å². The van der Waals surface area contributed by atoms with E-state index in [1.165, 1.54) is 35.7 Å². The van der Waals surface area contributed by atoms with Gasteiger partial charge in [0.15, 0.2) is 0 Å². The predicted octanol–water partition coefficient (Wildman–Crippen LogP) is 4.78. The summed E-state index contributed by atoms with van der Waals surface area (Å²) < 4.78 is 0. The Hall–Kier alpha value is -2.04. The van der Waals surface area contributed by atoms with E-state index in [2.05, 4.69) is 59.4 Å². The molecule has 1 saturated heterocycles. The lowest BCUT2D eigenvalue weighted by molar-refractivity contribution is 0.258. The van der Waals surface area contributed by atoms with Gasteiger partial charge in [-0.3, -0.25) is 4.90 Å². The first kappa shape index (κ1) is 14.9. The molecule has 0 bridgehead atoms. The van der Waals surface area contributed by atoms with E-state index in [9.17, 15) is 0 Å². The normalized spacial score (nSPS) is 17.7. The lowest BCUT2D eigenvalue weighted by Crippen LogP contribution is -2.30. The Morgan fingerprint density at radius 3 is 2.91 bits per heavy atom. The number of piperidine rings is 1. The number of hydrogen-bond donors (Lipinski definition) is 0. The van der Waals surface area contributed by atoms with E-state index in [0.717, 1.165) is 25.9 Å². The van der Waals surface area contributed by atoms with Crippen LogP contribution in [0.5, 0.6) is 0 Å². The zero-order valence-electron chi connectivity index (χ0n) is 13.1. The second-order valence-electron chi connectivity index (χ2n) is 6.06. The fourth-order valence-electron chi connectivity index (χ4n) is 3.31. The van der Waals surface area contributed by atoms with Crippen LogP contribution in [0.3, 0.4) is 0 Å². The van der Waals surface area contributed by atoms with Gasteiger partial charge < -0.3 is 0 Å². The van der Waals surface area contributed by atoms with Crippen LogP contribution in [-0.4, -0.2) is 18.0 Å². The smallest absolute Gasteiger partial charge is 0.0243 e. The van der Waals surface area contributed by atoms with E-state index in [1.54, 1.807) is 5.57 Å². The Labute approximate surface area is 133 Å². The molecule has 0 aliphatic carbocycles. The van der Waals surface area contributed by atoms with Gasteiger partial charge in [0, 0.05) is 19.5 Å². The summed E-state index contributed by atoms with van der Waals surface area (Å²) >= 11 is 0. The van der Waals surface area contributed by atoms with Crippen molar-refractivity contribution in [1.82, 2.24) is 4.90 Å². The third kappa shape index (κ3) is 3.59. The zero-order chi connectivity index (χ0) is 15.2. The zero-order valence-corrected chi connectivity index (χ0v) is 13.1. The summed E-state index contributed by atoms with van der Waals surface area (Å²) in [5.74, 6) is 2.72. The van der Waals surface area contributed by atoms with Crippen molar-refractivity contribution in [3.8, 4) is 12.3 Å². The van der Waals surface area contributed by atoms with Crippen molar-refractivity contribution in [3.05, 3.63) is 59.7 Å². The summed E-state index contributed by atoms with van der Waals surface area (Å²) in [5, 5.41) is 2.72. The lowest BCUT2D eigenvalue weighted by Gasteiger charge is -2.29. The average molecular weight is 289 g/mol. The number of fused-ring (bicyclic) bond motifs is 1. The standard InChI is InChI=1S/C21H23N/c1-2-3-4-9-18-10-8-15-22(16-18)17-20-13-7-12-19-11-5-6-14-21(19)20/h1,5-7,9,11-14H,3-4,8,10,15-17H2/b18-9-. The fourth-order valence-corrected chi connectivity index (χ4v) is 3.31. The molecule has 1 nitrogen and oxygen atoms in total. The number of terminal acetylenes is 1. The minimum Gasteiger partial charge on any atom is -0.295 e. The quantitative estimate of drug-likeness (QED) is 0.445. The van der Waals surface area contributed by atoms with Gasteiger partial charge in [0.05, 0.1) is 0 Å². The van der Waals surface area contributed by atoms with Gasteiger partial charge in [-0.05, 0) is 42.1 Å². The minimum absolute atomic E-state index is 0.854. The summed E-state index contributed by atoms with van der Waals surface area (Å²) in [6.45, 7) is 3.32. The summed E-state index contributed by atoms with van der Waals surface area (Å²) in [6.07, 6.45) is 12.1. The van der Waals surface area contributed by atoms with E-state index in [0.29, 0.717) is 0 Å². The molecule has 0 saturated carbocycles. The molecule has 1 aliphatic heterocycles. The van der Waals surface area contributed by atoms with Gasteiger partial charge >= 0.3 is 0 Å². The lowest BCUT2D eigenvalue weighted by atomic mass is 10.0. The highest BCUT2D eigenvalue weighted by atomic mass is 15.1. The molecule has 0 atom stereocenters. The van der Waals surface area contributed by atoms with Crippen molar-refractivity contribution in [2.75, 3.05) is 13.1 Å². The number of nitrogens with zero attached hydrogens (tertiary/aromatic N) is 1. The van der Waals surface area contributed by atoms with Gasteiger partial charge in [-0.2, -0.15) is 0 Å². The Morgan fingerprint density at radius 1 is 1.14 bits per heavy atom. The summed E-state index contributed by atoms with van der Waals surface area (Å²) in [6, 6.07) is 15.3. The summed E-state index contributed by atoms with van der Waals surface area (Å²) in [7, 11) is 0. The minimum atomic E-state index is 0.854. The summed E-state index contributed by atoms with van der Waals surface area (Å²) in [5.41, 5.74) is 2.99. The van der Waals surface area contributed by atoms with Crippen molar-refractivity contribution in [2.45, 2.75) is 32.2 Å². The average Bonchev–Trinajstić information content (AvgIpc) is 2.56. The number of unbranched alkanes of at least 4 members (excludes halogenated alkanes) is 1. The third-order valence-corrected chi connectivity index (χ3v) is 4.39. The van der Waals surface area contributed by atoms with Crippen molar-refractivity contribution in [3.63, 3.8) is 0 Å². The Morgan fingerprint density at radius 2 is 2.00 bits per heavy atom. The van der Waals surface area contributed by atoms with Crippen molar-refractivity contribution in [1.29, 1.82) is 0 Å². The number of rotatable bonds is 4. The molecule has 0 unspecified atom stereocenters. The van der Waals surface area contributed by atoms with Gasteiger partial charge in [-0.1, -0.05) is 54.1 Å². The van der Waals surface area contributed by atoms with Gasteiger partial charge in [-0.15, -0.1) is 12.3 Å². The van der Waals surface area contributed by atoms with Crippen molar-refractivity contribution >= 4 is 10.8 Å². The summed E-state index contributed by atoms with van der Waals surface area (Å²) in [4.78, 5) is 2.56. The molecular formula is C21H23N. The molecular weight excluding hydrogens is 266 g/mol. The number of allylic oxidation sites excluding steroid dienone is 1. The Kier molecular flexibility index (Phi) is 4.93. The van der Waals surface area contributed by atoms with E-state index < -0.39 is 0 Å². The van der Waals surface area contributed by atoms with Crippen molar-refractivity contribution < 1.29 is 0 Å². The molecule has 22 heavy (non-hydrogen) atoms. The highest BCUT2D eigenvalue weighted by Crippen LogP contribution is 2.23. The molecule has 2 aromatic rings. The van der Waals surface area contributed by atoms with Gasteiger partial charge in [0.1, 0.15) is 0 Å². The molecule has 1 aliphatic rings. The predicted molar refractivity (Wildman–Crippen MR) is 94.6 cm³/mol. The van der Waals surface area contributed by atoms with Crippen LogP contribution in [-0.2, 0) is 6.54 Å². The molecule has 0 aromatic heterocycles.